The Bertz CT molecular complexity index is 858. The summed E-state index contributed by atoms with van der Waals surface area (Å²) in [4.78, 5) is 4.30. The molecule has 1 heterocycles. The maximum absolute atomic E-state index is 13.2. The Balaban J connectivity index is 1.80. The van der Waals surface area contributed by atoms with Crippen molar-refractivity contribution in [1.82, 2.24) is 0 Å². The van der Waals surface area contributed by atoms with Crippen molar-refractivity contribution in [2.45, 2.75) is 0 Å². The van der Waals surface area contributed by atoms with Crippen LogP contribution in [0, 0.1) is 5.82 Å². The highest BCUT2D eigenvalue weighted by molar-refractivity contribution is 6.32. The zero-order chi connectivity index (χ0) is 16.2. The molecule has 3 nitrogen and oxygen atoms in total. The van der Waals surface area contributed by atoms with E-state index in [0.717, 1.165) is 0 Å². The summed E-state index contributed by atoms with van der Waals surface area (Å²) >= 11 is 6.05. The topological polar surface area (TPSA) is 34.7 Å². The van der Waals surface area contributed by atoms with Crippen LogP contribution in [0.4, 0.5) is 10.1 Å². The minimum absolute atomic E-state index is 0.304. The van der Waals surface area contributed by atoms with Crippen LogP contribution in [-0.4, -0.2) is 13.3 Å². The molecular formula is C18H13ClFNO2. The summed E-state index contributed by atoms with van der Waals surface area (Å²) in [7, 11) is 1.56. The average Bonchev–Trinajstić information content (AvgIpc) is 3.02. The van der Waals surface area contributed by atoms with Gasteiger partial charge in [-0.3, -0.25) is 4.99 Å². The number of ether oxygens (including phenoxy) is 1. The summed E-state index contributed by atoms with van der Waals surface area (Å²) in [6.45, 7) is 0. The Morgan fingerprint density at radius 3 is 2.74 bits per heavy atom. The Kier molecular flexibility index (Phi) is 4.44. The van der Waals surface area contributed by atoms with Gasteiger partial charge in [0.2, 0.25) is 0 Å². The first kappa shape index (κ1) is 15.3. The number of aliphatic imine (C=N–C) groups is 1. The molecule has 5 heteroatoms. The number of hydrogen-bond donors (Lipinski definition) is 0. The molecule has 0 N–H and O–H groups in total. The zero-order valence-corrected chi connectivity index (χ0v) is 13.0. The van der Waals surface area contributed by atoms with Crippen LogP contribution in [0.3, 0.4) is 0 Å². The minimum Gasteiger partial charge on any atom is -0.495 e. The van der Waals surface area contributed by atoms with Gasteiger partial charge in [0.05, 0.1) is 24.0 Å². The lowest BCUT2D eigenvalue weighted by Crippen LogP contribution is -1.83. The maximum atomic E-state index is 13.2. The molecule has 2 aromatic carbocycles. The van der Waals surface area contributed by atoms with Gasteiger partial charge in [-0.15, -0.1) is 0 Å². The van der Waals surface area contributed by atoms with Crippen molar-refractivity contribution in [3.8, 4) is 17.1 Å². The van der Waals surface area contributed by atoms with Crippen LogP contribution < -0.4 is 4.74 Å². The molecule has 0 saturated heterocycles. The van der Waals surface area contributed by atoms with Gasteiger partial charge in [0.1, 0.15) is 23.1 Å². The second-order valence-corrected chi connectivity index (χ2v) is 5.20. The van der Waals surface area contributed by atoms with Gasteiger partial charge in [0.15, 0.2) is 0 Å². The molecule has 1 aromatic heterocycles. The lowest BCUT2D eigenvalue weighted by atomic mass is 10.2. The molecule has 3 aromatic rings. The lowest BCUT2D eigenvalue weighted by molar-refractivity contribution is 0.415. The Hall–Kier alpha value is -2.59. The van der Waals surface area contributed by atoms with Crippen LogP contribution in [0.25, 0.3) is 11.3 Å². The third-order valence-corrected chi connectivity index (χ3v) is 3.51. The van der Waals surface area contributed by atoms with Gasteiger partial charge in [-0.25, -0.2) is 4.39 Å². The van der Waals surface area contributed by atoms with Crippen LogP contribution in [0.15, 0.2) is 64.0 Å². The molecule has 0 aliphatic heterocycles. The predicted molar refractivity (Wildman–Crippen MR) is 89.4 cm³/mol. The number of hydrogen-bond acceptors (Lipinski definition) is 3. The average molecular weight is 330 g/mol. The molecule has 0 bridgehead atoms. The second-order valence-electron chi connectivity index (χ2n) is 4.79. The first-order valence-corrected chi connectivity index (χ1v) is 7.27. The van der Waals surface area contributed by atoms with E-state index in [-0.39, 0.29) is 5.82 Å². The molecule has 0 fully saturated rings. The van der Waals surface area contributed by atoms with Gasteiger partial charge in [0, 0.05) is 5.56 Å². The highest BCUT2D eigenvalue weighted by Gasteiger charge is 2.05. The molecule has 0 saturated carbocycles. The Morgan fingerprint density at radius 1 is 1.13 bits per heavy atom. The quantitative estimate of drug-likeness (QED) is 0.592. The molecule has 0 amide bonds. The van der Waals surface area contributed by atoms with Crippen molar-refractivity contribution in [2.75, 3.05) is 7.11 Å². The van der Waals surface area contributed by atoms with Gasteiger partial charge in [0.25, 0.3) is 0 Å². The monoisotopic (exact) mass is 329 g/mol. The van der Waals surface area contributed by atoms with E-state index in [9.17, 15) is 4.39 Å². The fourth-order valence-electron chi connectivity index (χ4n) is 2.09. The highest BCUT2D eigenvalue weighted by Crippen LogP contribution is 2.29. The van der Waals surface area contributed by atoms with Gasteiger partial charge < -0.3 is 9.15 Å². The molecule has 0 unspecified atom stereocenters. The first-order valence-electron chi connectivity index (χ1n) is 6.89. The molecule has 0 atom stereocenters. The van der Waals surface area contributed by atoms with E-state index in [1.807, 2.05) is 0 Å². The summed E-state index contributed by atoms with van der Waals surface area (Å²) in [6, 6.07) is 15.0. The number of halogens is 2. The Labute approximate surface area is 138 Å². The van der Waals surface area contributed by atoms with Gasteiger partial charge in [-0.05, 0) is 42.5 Å². The number of nitrogens with zero attached hydrogens (tertiary/aromatic N) is 1. The van der Waals surface area contributed by atoms with Crippen LogP contribution >= 0.6 is 11.6 Å². The van der Waals surface area contributed by atoms with Gasteiger partial charge in [-0.2, -0.15) is 0 Å². The van der Waals surface area contributed by atoms with Crippen LogP contribution in [0.5, 0.6) is 5.75 Å². The lowest BCUT2D eigenvalue weighted by Gasteiger charge is -2.02. The van der Waals surface area contributed by atoms with Crippen molar-refractivity contribution >= 4 is 23.5 Å². The van der Waals surface area contributed by atoms with E-state index >= 15 is 0 Å². The number of furan rings is 1. The molecule has 23 heavy (non-hydrogen) atoms. The van der Waals surface area contributed by atoms with Crippen LogP contribution in [0.1, 0.15) is 5.76 Å². The summed E-state index contributed by atoms with van der Waals surface area (Å²) < 4.78 is 24.0. The minimum atomic E-state index is -0.304. The van der Waals surface area contributed by atoms with Crippen LogP contribution in [0.2, 0.25) is 5.02 Å². The molecular weight excluding hydrogens is 317 g/mol. The fraction of sp³-hybridized carbons (Fsp3) is 0.0556. The normalized spacial score (nSPS) is 11.1. The Morgan fingerprint density at radius 2 is 2.00 bits per heavy atom. The molecule has 0 aliphatic carbocycles. The summed E-state index contributed by atoms with van der Waals surface area (Å²) in [5.74, 6) is 1.44. The molecule has 0 radical (unpaired) electrons. The van der Waals surface area contributed by atoms with E-state index in [1.165, 1.54) is 12.1 Å². The molecule has 0 aliphatic rings. The second kappa shape index (κ2) is 6.67. The van der Waals surface area contributed by atoms with Crippen molar-refractivity contribution in [2.24, 2.45) is 4.99 Å². The van der Waals surface area contributed by atoms with Gasteiger partial charge in [-0.1, -0.05) is 23.7 Å². The summed E-state index contributed by atoms with van der Waals surface area (Å²) in [5, 5.41) is 0.488. The van der Waals surface area contributed by atoms with Crippen molar-refractivity contribution in [1.29, 1.82) is 0 Å². The molecule has 0 spiro atoms. The summed E-state index contributed by atoms with van der Waals surface area (Å²) in [6.07, 6.45) is 1.58. The van der Waals surface area contributed by atoms with E-state index in [2.05, 4.69) is 4.99 Å². The highest BCUT2D eigenvalue weighted by atomic mass is 35.5. The largest absolute Gasteiger partial charge is 0.495 e. The zero-order valence-electron chi connectivity index (χ0n) is 12.3. The van der Waals surface area contributed by atoms with E-state index in [0.29, 0.717) is 33.5 Å². The summed E-state index contributed by atoms with van der Waals surface area (Å²) in [5.41, 5.74) is 1.36. The SMILES string of the molecule is COc1ccc(N=Cc2ccc(-c3cccc(F)c3)o2)cc1Cl. The van der Waals surface area contributed by atoms with Gasteiger partial charge >= 0.3 is 0 Å². The molecule has 3 rings (SSSR count). The van der Waals surface area contributed by atoms with Crippen molar-refractivity contribution in [3.05, 3.63) is 71.2 Å². The fourth-order valence-corrected chi connectivity index (χ4v) is 2.34. The standard InChI is InChI=1S/C18H13ClFNO2/c1-22-18-7-5-14(10-16(18)19)21-11-15-6-8-17(23-15)12-3-2-4-13(20)9-12/h2-11H,1H3. The smallest absolute Gasteiger partial charge is 0.145 e. The maximum Gasteiger partial charge on any atom is 0.145 e. The predicted octanol–water partition coefficient (Wildman–Crippen LogP) is 5.50. The van der Waals surface area contributed by atoms with E-state index in [1.54, 1.807) is 55.8 Å². The van der Waals surface area contributed by atoms with Crippen molar-refractivity contribution in [3.63, 3.8) is 0 Å². The molecule has 116 valence electrons. The number of benzene rings is 2. The third-order valence-electron chi connectivity index (χ3n) is 3.21. The van der Waals surface area contributed by atoms with Crippen LogP contribution in [-0.2, 0) is 0 Å². The van der Waals surface area contributed by atoms with Crippen molar-refractivity contribution < 1.29 is 13.5 Å². The van der Waals surface area contributed by atoms with E-state index < -0.39 is 0 Å². The first-order chi connectivity index (χ1) is 11.2. The number of methoxy groups -OCH3 is 1. The van der Waals surface area contributed by atoms with E-state index in [4.69, 9.17) is 20.8 Å². The number of rotatable bonds is 4. The third kappa shape index (κ3) is 3.60.